The van der Waals surface area contributed by atoms with Crippen LogP contribution in [0, 0.1) is 5.41 Å². The van der Waals surface area contributed by atoms with E-state index >= 15 is 0 Å². The Morgan fingerprint density at radius 3 is 2.48 bits per heavy atom. The summed E-state index contributed by atoms with van der Waals surface area (Å²) in [6.07, 6.45) is -1.40. The van der Waals surface area contributed by atoms with Crippen molar-refractivity contribution in [3.8, 4) is 0 Å². The van der Waals surface area contributed by atoms with Gasteiger partial charge in [-0.2, -0.15) is 13.2 Å². The Hall–Kier alpha value is -1.61. The van der Waals surface area contributed by atoms with Gasteiger partial charge in [0.15, 0.2) is 0 Å². The summed E-state index contributed by atoms with van der Waals surface area (Å²) in [6.45, 7) is 2.01. The quantitative estimate of drug-likeness (QED) is 0.498. The van der Waals surface area contributed by atoms with Gasteiger partial charge in [-0.1, -0.05) is 28.1 Å². The van der Waals surface area contributed by atoms with E-state index in [9.17, 15) is 22.8 Å². The first-order valence-corrected chi connectivity index (χ1v) is 11.3. The van der Waals surface area contributed by atoms with Crippen LogP contribution in [0.4, 0.5) is 13.2 Å². The molecule has 0 atom stereocenters. The second-order valence-corrected chi connectivity index (χ2v) is 9.55. The standard InChI is InChI=1S/C22H28BrF3N2O3/c1-31-19(29)7-10-27-11-8-21(9-12-27,14-16-3-2-4-17(23)13-16)15-28(18-5-6-18)20(30)22(24,25)26/h2-4,13,18H,5-12,14-15H2,1H3. The third-order valence-electron chi connectivity index (χ3n) is 6.24. The van der Waals surface area contributed by atoms with Crippen molar-refractivity contribution < 1.29 is 27.5 Å². The van der Waals surface area contributed by atoms with Crippen molar-refractivity contribution in [2.75, 3.05) is 33.3 Å². The van der Waals surface area contributed by atoms with E-state index < -0.39 is 17.5 Å². The van der Waals surface area contributed by atoms with Crippen LogP contribution in [-0.4, -0.2) is 67.2 Å². The average Bonchev–Trinajstić information content (AvgIpc) is 3.55. The molecule has 1 heterocycles. The summed E-state index contributed by atoms with van der Waals surface area (Å²) in [7, 11) is 1.35. The summed E-state index contributed by atoms with van der Waals surface area (Å²) < 4.78 is 45.4. The van der Waals surface area contributed by atoms with E-state index in [1.807, 2.05) is 24.3 Å². The number of carbonyl (C=O) groups excluding carboxylic acids is 2. The number of piperidine rings is 1. The van der Waals surface area contributed by atoms with Crippen molar-refractivity contribution in [1.82, 2.24) is 9.80 Å². The van der Waals surface area contributed by atoms with Crippen molar-refractivity contribution in [2.24, 2.45) is 5.41 Å². The number of alkyl halides is 3. The predicted octanol–water partition coefficient (Wildman–Crippen LogP) is 4.19. The molecule has 0 bridgehead atoms. The zero-order valence-electron chi connectivity index (χ0n) is 17.6. The first kappa shape index (κ1) is 24.0. The molecule has 2 fully saturated rings. The zero-order chi connectivity index (χ0) is 22.6. The molecule has 0 unspecified atom stereocenters. The maximum absolute atomic E-state index is 13.3. The minimum atomic E-state index is -4.86. The van der Waals surface area contributed by atoms with E-state index in [4.69, 9.17) is 4.74 Å². The highest BCUT2D eigenvalue weighted by atomic mass is 79.9. The molecule has 5 nitrogen and oxygen atoms in total. The SMILES string of the molecule is COC(=O)CCN1CCC(Cc2cccc(Br)c2)(CN(C(=O)C(F)(F)F)C2CC2)CC1. The first-order valence-electron chi connectivity index (χ1n) is 10.5. The predicted molar refractivity (Wildman–Crippen MR) is 113 cm³/mol. The Balaban J connectivity index is 1.77. The molecule has 0 spiro atoms. The third kappa shape index (κ3) is 6.68. The third-order valence-corrected chi connectivity index (χ3v) is 6.73. The van der Waals surface area contributed by atoms with Gasteiger partial charge in [-0.25, -0.2) is 0 Å². The molecule has 9 heteroatoms. The topological polar surface area (TPSA) is 49.9 Å². The van der Waals surface area contributed by atoms with Crippen LogP contribution < -0.4 is 0 Å². The normalized spacial score (nSPS) is 19.1. The fraction of sp³-hybridized carbons (Fsp3) is 0.636. The maximum Gasteiger partial charge on any atom is 0.471 e. The van der Waals surface area contributed by atoms with Gasteiger partial charge in [-0.15, -0.1) is 0 Å². The highest BCUT2D eigenvalue weighted by Gasteiger charge is 2.50. The lowest BCUT2D eigenvalue weighted by Crippen LogP contribution is -2.52. The van der Waals surface area contributed by atoms with Crippen LogP contribution in [-0.2, 0) is 20.7 Å². The minimum absolute atomic E-state index is 0.105. The Morgan fingerprint density at radius 2 is 1.94 bits per heavy atom. The molecular formula is C22H28BrF3N2O3. The van der Waals surface area contributed by atoms with E-state index in [2.05, 4.69) is 20.8 Å². The van der Waals surface area contributed by atoms with E-state index in [1.165, 1.54) is 7.11 Å². The molecule has 1 saturated heterocycles. The van der Waals surface area contributed by atoms with Gasteiger partial charge in [0.2, 0.25) is 0 Å². The molecule has 1 aromatic rings. The molecule has 1 aliphatic heterocycles. The maximum atomic E-state index is 13.3. The van der Waals surface area contributed by atoms with Crippen molar-refractivity contribution in [3.05, 3.63) is 34.3 Å². The summed E-state index contributed by atoms with van der Waals surface area (Å²) >= 11 is 3.46. The van der Waals surface area contributed by atoms with Crippen LogP contribution in [0.5, 0.6) is 0 Å². The molecule has 1 saturated carbocycles. The van der Waals surface area contributed by atoms with Crippen molar-refractivity contribution in [1.29, 1.82) is 0 Å². The van der Waals surface area contributed by atoms with E-state index in [1.54, 1.807) is 0 Å². The van der Waals surface area contributed by atoms with Gasteiger partial charge >= 0.3 is 18.1 Å². The summed E-state index contributed by atoms with van der Waals surface area (Å²) in [5.74, 6) is -2.00. The fourth-order valence-corrected chi connectivity index (χ4v) is 4.80. The lowest BCUT2D eigenvalue weighted by atomic mass is 9.73. The number of likely N-dealkylation sites (tertiary alicyclic amines) is 1. The number of hydrogen-bond donors (Lipinski definition) is 0. The molecule has 31 heavy (non-hydrogen) atoms. The van der Waals surface area contributed by atoms with Gasteiger partial charge in [-0.05, 0) is 68.3 Å². The number of hydrogen-bond acceptors (Lipinski definition) is 4. The smallest absolute Gasteiger partial charge is 0.469 e. The Kier molecular flexibility index (Phi) is 7.68. The number of halogens is 4. The van der Waals surface area contributed by atoms with Gasteiger partial charge < -0.3 is 14.5 Å². The molecule has 0 radical (unpaired) electrons. The number of benzene rings is 1. The molecular weight excluding hydrogens is 477 g/mol. The van der Waals surface area contributed by atoms with E-state index in [0.717, 1.165) is 14.9 Å². The number of rotatable bonds is 8. The number of amides is 1. The van der Waals surface area contributed by atoms with Crippen LogP contribution in [0.3, 0.4) is 0 Å². The van der Waals surface area contributed by atoms with Crippen molar-refractivity contribution in [3.63, 3.8) is 0 Å². The number of ether oxygens (including phenoxy) is 1. The first-order chi connectivity index (χ1) is 14.6. The zero-order valence-corrected chi connectivity index (χ0v) is 19.2. The monoisotopic (exact) mass is 504 g/mol. The van der Waals surface area contributed by atoms with Crippen LogP contribution in [0.15, 0.2) is 28.7 Å². The summed E-state index contributed by atoms with van der Waals surface area (Å²) in [5, 5.41) is 0. The molecule has 1 aromatic carbocycles. The molecule has 172 valence electrons. The summed E-state index contributed by atoms with van der Waals surface area (Å²) in [6, 6.07) is 7.47. The number of nitrogens with zero attached hydrogens (tertiary/aromatic N) is 2. The molecule has 2 aliphatic rings. The summed E-state index contributed by atoms with van der Waals surface area (Å²) in [4.78, 5) is 26.8. The van der Waals surface area contributed by atoms with Gasteiger partial charge in [0, 0.05) is 23.6 Å². The highest BCUT2D eigenvalue weighted by molar-refractivity contribution is 9.10. The Bertz CT molecular complexity index is 790. The summed E-state index contributed by atoms with van der Waals surface area (Å²) in [5.41, 5.74) is 0.596. The average molecular weight is 505 g/mol. The Labute approximate surface area is 189 Å². The van der Waals surface area contributed by atoms with E-state index in [-0.39, 0.29) is 25.0 Å². The number of carbonyl (C=O) groups is 2. The van der Waals surface area contributed by atoms with Crippen LogP contribution in [0.25, 0.3) is 0 Å². The number of esters is 1. The number of methoxy groups -OCH3 is 1. The molecule has 0 aromatic heterocycles. The van der Waals surface area contributed by atoms with E-state index in [0.29, 0.717) is 51.7 Å². The van der Waals surface area contributed by atoms with Gasteiger partial charge in [0.1, 0.15) is 0 Å². The largest absolute Gasteiger partial charge is 0.471 e. The molecule has 0 N–H and O–H groups in total. The van der Waals surface area contributed by atoms with Gasteiger partial charge in [0.25, 0.3) is 0 Å². The van der Waals surface area contributed by atoms with Crippen LogP contribution >= 0.6 is 15.9 Å². The molecule has 3 rings (SSSR count). The van der Waals surface area contributed by atoms with Crippen molar-refractivity contribution >= 4 is 27.8 Å². The highest BCUT2D eigenvalue weighted by Crippen LogP contribution is 2.41. The van der Waals surface area contributed by atoms with Gasteiger partial charge in [0.05, 0.1) is 13.5 Å². The molecule has 1 aliphatic carbocycles. The Morgan fingerprint density at radius 1 is 1.26 bits per heavy atom. The van der Waals surface area contributed by atoms with Crippen molar-refractivity contribution in [2.45, 2.75) is 50.7 Å². The second kappa shape index (κ2) is 9.90. The van der Waals surface area contributed by atoms with Crippen LogP contribution in [0.2, 0.25) is 0 Å². The second-order valence-electron chi connectivity index (χ2n) is 8.64. The van der Waals surface area contributed by atoms with Crippen LogP contribution in [0.1, 0.15) is 37.7 Å². The lowest BCUT2D eigenvalue weighted by Gasteiger charge is -2.45. The fourth-order valence-electron chi connectivity index (χ4n) is 4.35. The molecule has 1 amide bonds. The lowest BCUT2D eigenvalue weighted by molar-refractivity contribution is -0.188. The minimum Gasteiger partial charge on any atom is -0.469 e. The van der Waals surface area contributed by atoms with Gasteiger partial charge in [-0.3, -0.25) is 9.59 Å².